The number of nitrogens with one attached hydrogen (secondary N) is 1. The molecule has 1 saturated heterocycles. The van der Waals surface area contributed by atoms with Crippen LogP contribution in [0.2, 0.25) is 0 Å². The van der Waals surface area contributed by atoms with Gasteiger partial charge in [0, 0.05) is 19.0 Å². The van der Waals surface area contributed by atoms with Crippen LogP contribution in [0.25, 0.3) is 0 Å². The summed E-state index contributed by atoms with van der Waals surface area (Å²) in [6.45, 7) is 0.158. The van der Waals surface area contributed by atoms with Crippen molar-refractivity contribution in [2.75, 3.05) is 6.54 Å². The van der Waals surface area contributed by atoms with E-state index in [1.165, 1.54) is 0 Å². The van der Waals surface area contributed by atoms with Gasteiger partial charge in [0.2, 0.25) is 0 Å². The zero-order valence-electron chi connectivity index (χ0n) is 10.9. The minimum Gasteiger partial charge on any atom is -0.328 e. The number of hydrogen-bond donors (Lipinski definition) is 3. The van der Waals surface area contributed by atoms with Gasteiger partial charge in [0.1, 0.15) is 11.0 Å². The van der Waals surface area contributed by atoms with Crippen LogP contribution in [-0.4, -0.2) is 42.6 Å². The topological polar surface area (TPSA) is 109 Å². The van der Waals surface area contributed by atoms with Gasteiger partial charge in [0.15, 0.2) is 0 Å². The van der Waals surface area contributed by atoms with E-state index in [4.69, 9.17) is 10.3 Å². The normalized spacial score (nSPS) is 36.3. The van der Waals surface area contributed by atoms with Crippen LogP contribution in [0.5, 0.6) is 0 Å². The lowest BCUT2D eigenvalue weighted by atomic mass is 9.82. The van der Waals surface area contributed by atoms with Crippen LogP contribution in [-0.2, 0) is 14.9 Å². The Labute approximate surface area is 113 Å². The maximum Gasteiger partial charge on any atom is 0.269 e. The van der Waals surface area contributed by atoms with E-state index in [1.54, 1.807) is 0 Å². The highest BCUT2D eigenvalue weighted by Crippen LogP contribution is 2.27. The average Bonchev–Trinajstić information content (AvgIpc) is 2.81. The van der Waals surface area contributed by atoms with Gasteiger partial charge in [0.25, 0.3) is 10.1 Å². The first-order valence-corrected chi connectivity index (χ1v) is 8.34. The van der Waals surface area contributed by atoms with Crippen LogP contribution in [0.3, 0.4) is 0 Å². The highest BCUT2D eigenvalue weighted by molar-refractivity contribution is 7.86. The molecule has 2 fully saturated rings. The van der Waals surface area contributed by atoms with Gasteiger partial charge in [0.05, 0.1) is 6.04 Å². The summed E-state index contributed by atoms with van der Waals surface area (Å²) in [6, 6.07) is -0.164. The molecule has 0 spiro atoms. The average molecular weight is 290 g/mol. The summed E-state index contributed by atoms with van der Waals surface area (Å²) in [4.78, 5) is 12.1. The third kappa shape index (κ3) is 3.98. The third-order valence-electron chi connectivity index (χ3n) is 4.28. The lowest BCUT2D eigenvalue weighted by Gasteiger charge is -2.26. The molecule has 0 radical (unpaired) electrons. The fourth-order valence-electron chi connectivity index (χ4n) is 2.99. The first-order chi connectivity index (χ1) is 8.86. The van der Waals surface area contributed by atoms with Gasteiger partial charge in [-0.25, -0.2) is 0 Å². The van der Waals surface area contributed by atoms with Crippen molar-refractivity contribution in [1.82, 2.24) is 5.32 Å². The lowest BCUT2D eigenvalue weighted by molar-refractivity contribution is -0.121. The van der Waals surface area contributed by atoms with Crippen molar-refractivity contribution >= 4 is 15.9 Å². The Morgan fingerprint density at radius 2 is 1.89 bits per heavy atom. The Bertz CT molecular complexity index is 429. The molecule has 7 heteroatoms. The Hall–Kier alpha value is -0.500. The van der Waals surface area contributed by atoms with Crippen molar-refractivity contribution < 1.29 is 17.8 Å². The summed E-state index contributed by atoms with van der Waals surface area (Å²) in [5.41, 5.74) is 5.82. The smallest absolute Gasteiger partial charge is 0.269 e. The fourth-order valence-corrected chi connectivity index (χ4v) is 3.74. The van der Waals surface area contributed by atoms with Crippen LogP contribution < -0.4 is 11.1 Å². The second-order valence-electron chi connectivity index (χ2n) is 5.78. The maximum atomic E-state index is 12.1. The monoisotopic (exact) mass is 290 g/mol. The number of nitrogens with two attached hydrogens (primary N) is 1. The van der Waals surface area contributed by atoms with Gasteiger partial charge in [-0.3, -0.25) is 9.35 Å². The van der Waals surface area contributed by atoms with E-state index < -0.39 is 21.4 Å². The molecule has 0 aromatic rings. The van der Waals surface area contributed by atoms with Crippen molar-refractivity contribution in [2.45, 2.75) is 55.9 Å². The fraction of sp³-hybridized carbons (Fsp3) is 0.917. The minimum absolute atomic E-state index is 0.0617. The number of rotatable bonds is 4. The Balaban J connectivity index is 1.82. The first-order valence-electron chi connectivity index (χ1n) is 6.84. The Morgan fingerprint density at radius 1 is 1.26 bits per heavy atom. The van der Waals surface area contributed by atoms with Crippen LogP contribution in [0, 0.1) is 5.92 Å². The predicted molar refractivity (Wildman–Crippen MR) is 71.3 cm³/mol. The van der Waals surface area contributed by atoms with Crippen molar-refractivity contribution in [2.24, 2.45) is 11.7 Å². The van der Waals surface area contributed by atoms with E-state index >= 15 is 0 Å². The van der Waals surface area contributed by atoms with Crippen molar-refractivity contribution in [3.05, 3.63) is 0 Å². The van der Waals surface area contributed by atoms with Gasteiger partial charge in [-0.2, -0.15) is 8.42 Å². The van der Waals surface area contributed by atoms with E-state index in [-0.39, 0.29) is 24.8 Å². The largest absolute Gasteiger partial charge is 0.328 e. The van der Waals surface area contributed by atoms with Gasteiger partial charge in [-0.15, -0.1) is 0 Å². The van der Waals surface area contributed by atoms with E-state index in [1.807, 2.05) is 0 Å². The lowest BCUT2D eigenvalue weighted by Crippen LogP contribution is -2.34. The molecule has 6 nitrogen and oxygen atoms in total. The van der Waals surface area contributed by atoms with Crippen LogP contribution in [0.1, 0.15) is 38.5 Å². The molecule has 0 aromatic heterocycles. The van der Waals surface area contributed by atoms with Crippen molar-refractivity contribution in [3.63, 3.8) is 0 Å². The van der Waals surface area contributed by atoms with E-state index in [0.29, 0.717) is 12.3 Å². The molecule has 4 N–H and O–H groups in total. The SMILES string of the molecule is NC1CCC(CC(=O)[C@@H]2C[C@@H](S(=O)(=O)O)CN2)CC1. The minimum atomic E-state index is -4.04. The summed E-state index contributed by atoms with van der Waals surface area (Å²) >= 11 is 0. The molecule has 1 aliphatic heterocycles. The van der Waals surface area contributed by atoms with Gasteiger partial charge in [-0.1, -0.05) is 0 Å². The van der Waals surface area contributed by atoms with Crippen molar-refractivity contribution in [1.29, 1.82) is 0 Å². The molecule has 0 bridgehead atoms. The maximum absolute atomic E-state index is 12.1. The summed E-state index contributed by atoms with van der Waals surface area (Å²) in [5.74, 6) is 0.436. The second kappa shape index (κ2) is 5.87. The van der Waals surface area contributed by atoms with Gasteiger partial charge < -0.3 is 11.1 Å². The Kier molecular flexibility index (Phi) is 4.60. The third-order valence-corrected chi connectivity index (χ3v) is 5.48. The van der Waals surface area contributed by atoms with Crippen LogP contribution in [0.4, 0.5) is 0 Å². The number of hydrogen-bond acceptors (Lipinski definition) is 5. The highest BCUT2D eigenvalue weighted by Gasteiger charge is 2.36. The molecule has 1 aliphatic carbocycles. The quantitative estimate of drug-likeness (QED) is 0.633. The molecule has 110 valence electrons. The Morgan fingerprint density at radius 3 is 2.42 bits per heavy atom. The molecule has 19 heavy (non-hydrogen) atoms. The molecule has 0 amide bonds. The van der Waals surface area contributed by atoms with Gasteiger partial charge >= 0.3 is 0 Å². The molecule has 2 rings (SSSR count). The zero-order valence-corrected chi connectivity index (χ0v) is 11.7. The van der Waals surface area contributed by atoms with E-state index in [0.717, 1.165) is 25.7 Å². The van der Waals surface area contributed by atoms with Crippen molar-refractivity contribution in [3.8, 4) is 0 Å². The molecular weight excluding hydrogens is 268 g/mol. The summed E-state index contributed by atoms with van der Waals surface area (Å²) < 4.78 is 31.0. The molecule has 2 atom stereocenters. The van der Waals surface area contributed by atoms with Crippen LogP contribution >= 0.6 is 0 Å². The van der Waals surface area contributed by atoms with Gasteiger partial charge in [-0.05, 0) is 38.0 Å². The molecule has 1 saturated carbocycles. The number of Topliss-reactive ketones (excluding diaryl/α,β-unsaturated/α-hetero) is 1. The molecule has 1 heterocycles. The van der Waals surface area contributed by atoms with E-state index in [2.05, 4.69) is 5.32 Å². The van der Waals surface area contributed by atoms with E-state index in [9.17, 15) is 13.2 Å². The summed E-state index contributed by atoms with van der Waals surface area (Å²) in [7, 11) is -4.04. The van der Waals surface area contributed by atoms with Crippen LogP contribution in [0.15, 0.2) is 0 Å². The number of carbonyl (C=O) groups excluding carboxylic acids is 1. The number of carbonyl (C=O) groups is 1. The number of ketones is 1. The highest BCUT2D eigenvalue weighted by atomic mass is 32.2. The summed E-state index contributed by atoms with van der Waals surface area (Å²) in [5, 5.41) is 2.05. The first kappa shape index (κ1) is 14.9. The molecular formula is C12H22N2O4S. The second-order valence-corrected chi connectivity index (χ2v) is 7.48. The predicted octanol–water partition coefficient (Wildman–Crippen LogP) is 0.0814. The molecule has 0 unspecified atom stereocenters. The molecule has 2 aliphatic rings. The molecule has 0 aromatic carbocycles. The standard InChI is InChI=1S/C12H22N2O4S/c13-9-3-1-8(2-4-9)5-12(15)11-6-10(7-14-11)19(16,17)18/h8-11,14H,1-7,13H2,(H,16,17,18)/t8?,9?,10-,11+/m1/s1. The summed E-state index contributed by atoms with van der Waals surface area (Å²) in [6.07, 6.45) is 4.54. The zero-order chi connectivity index (χ0) is 14.0.